The van der Waals surface area contributed by atoms with Gasteiger partial charge in [0.15, 0.2) is 0 Å². The van der Waals surface area contributed by atoms with E-state index in [9.17, 15) is 0 Å². The molecule has 16 heavy (non-hydrogen) atoms. The second kappa shape index (κ2) is 5.02. The molecule has 0 aromatic carbocycles. The standard InChI is InChI=1S/C13H22N2O/c1-13(2)10-14-6-4-7-15(11-13)9-12-5-3-8-16-12/h3,5,8,14H,4,6-7,9-11H2,1-2H3. The van der Waals surface area contributed by atoms with Crippen molar-refractivity contribution in [2.24, 2.45) is 5.41 Å². The van der Waals surface area contributed by atoms with E-state index in [4.69, 9.17) is 4.42 Å². The van der Waals surface area contributed by atoms with Crippen LogP contribution in [-0.4, -0.2) is 31.1 Å². The number of nitrogens with zero attached hydrogens (tertiary/aromatic N) is 1. The third-order valence-corrected chi connectivity index (χ3v) is 3.04. The molecule has 1 saturated heterocycles. The summed E-state index contributed by atoms with van der Waals surface area (Å²) in [6.45, 7) is 10.1. The second-order valence-electron chi connectivity index (χ2n) is 5.48. The smallest absolute Gasteiger partial charge is 0.117 e. The Morgan fingerprint density at radius 3 is 3.12 bits per heavy atom. The van der Waals surface area contributed by atoms with Gasteiger partial charge in [-0.15, -0.1) is 0 Å². The lowest BCUT2D eigenvalue weighted by Crippen LogP contribution is -2.44. The van der Waals surface area contributed by atoms with Gasteiger partial charge in [0.05, 0.1) is 12.8 Å². The first kappa shape index (κ1) is 11.7. The molecule has 1 aromatic heterocycles. The van der Waals surface area contributed by atoms with Crippen LogP contribution in [0.4, 0.5) is 0 Å². The fraction of sp³-hybridized carbons (Fsp3) is 0.692. The van der Waals surface area contributed by atoms with Crippen LogP contribution >= 0.6 is 0 Å². The molecular formula is C13H22N2O. The minimum absolute atomic E-state index is 0.340. The zero-order valence-electron chi connectivity index (χ0n) is 10.3. The molecule has 0 bridgehead atoms. The van der Waals surface area contributed by atoms with E-state index in [-0.39, 0.29) is 0 Å². The van der Waals surface area contributed by atoms with Crippen LogP contribution in [0.25, 0.3) is 0 Å². The van der Waals surface area contributed by atoms with Gasteiger partial charge in [-0.3, -0.25) is 4.90 Å². The van der Waals surface area contributed by atoms with Gasteiger partial charge in [-0.25, -0.2) is 0 Å². The molecule has 90 valence electrons. The van der Waals surface area contributed by atoms with E-state index in [1.807, 2.05) is 6.07 Å². The quantitative estimate of drug-likeness (QED) is 0.830. The first-order valence-electron chi connectivity index (χ1n) is 6.11. The van der Waals surface area contributed by atoms with Crippen LogP contribution in [-0.2, 0) is 6.54 Å². The summed E-state index contributed by atoms with van der Waals surface area (Å²) in [5.74, 6) is 1.07. The normalized spacial score (nSPS) is 22.6. The average Bonchev–Trinajstić information content (AvgIpc) is 2.66. The molecule has 1 fully saturated rings. The SMILES string of the molecule is CC1(C)CNCCCN(Cc2ccco2)C1. The number of rotatable bonds is 2. The Morgan fingerprint density at radius 2 is 2.38 bits per heavy atom. The Balaban J connectivity index is 1.95. The summed E-state index contributed by atoms with van der Waals surface area (Å²) in [4.78, 5) is 2.50. The minimum Gasteiger partial charge on any atom is -0.468 e. The highest BCUT2D eigenvalue weighted by atomic mass is 16.3. The van der Waals surface area contributed by atoms with Gasteiger partial charge < -0.3 is 9.73 Å². The van der Waals surface area contributed by atoms with Gasteiger partial charge >= 0.3 is 0 Å². The molecule has 3 nitrogen and oxygen atoms in total. The number of hydrogen-bond acceptors (Lipinski definition) is 3. The zero-order valence-corrected chi connectivity index (χ0v) is 10.3. The molecule has 0 atom stereocenters. The lowest BCUT2D eigenvalue weighted by Gasteiger charge is -2.34. The number of furan rings is 1. The molecule has 0 aliphatic carbocycles. The van der Waals surface area contributed by atoms with E-state index in [0.717, 1.165) is 38.5 Å². The predicted molar refractivity (Wildman–Crippen MR) is 65.3 cm³/mol. The Kier molecular flexibility index (Phi) is 3.66. The molecule has 3 heteroatoms. The number of hydrogen-bond donors (Lipinski definition) is 1. The highest BCUT2D eigenvalue weighted by Crippen LogP contribution is 2.19. The Labute approximate surface area is 97.8 Å². The van der Waals surface area contributed by atoms with Crippen LogP contribution in [0.2, 0.25) is 0 Å². The Bertz CT molecular complexity index is 306. The first-order chi connectivity index (χ1) is 7.66. The molecule has 1 aliphatic heterocycles. The van der Waals surface area contributed by atoms with Crippen molar-refractivity contribution in [1.29, 1.82) is 0 Å². The van der Waals surface area contributed by atoms with Crippen LogP contribution in [0.1, 0.15) is 26.0 Å². The molecule has 0 amide bonds. The maximum atomic E-state index is 5.42. The van der Waals surface area contributed by atoms with E-state index in [1.165, 1.54) is 6.42 Å². The van der Waals surface area contributed by atoms with Crippen LogP contribution in [0.5, 0.6) is 0 Å². The molecule has 2 heterocycles. The van der Waals surface area contributed by atoms with Gasteiger partial charge in [0.1, 0.15) is 5.76 Å². The molecule has 1 aliphatic rings. The van der Waals surface area contributed by atoms with Crippen molar-refractivity contribution in [2.75, 3.05) is 26.2 Å². The van der Waals surface area contributed by atoms with Crippen LogP contribution in [0, 0.1) is 5.41 Å². The predicted octanol–water partition coefficient (Wildman–Crippen LogP) is 2.10. The molecule has 2 rings (SSSR count). The monoisotopic (exact) mass is 222 g/mol. The highest BCUT2D eigenvalue weighted by Gasteiger charge is 2.23. The van der Waals surface area contributed by atoms with E-state index in [1.54, 1.807) is 6.26 Å². The molecular weight excluding hydrogens is 200 g/mol. The lowest BCUT2D eigenvalue weighted by molar-refractivity contribution is 0.142. The van der Waals surface area contributed by atoms with Crippen molar-refractivity contribution >= 4 is 0 Å². The zero-order chi connectivity index (χ0) is 11.4. The largest absolute Gasteiger partial charge is 0.468 e. The van der Waals surface area contributed by atoms with E-state index >= 15 is 0 Å². The highest BCUT2D eigenvalue weighted by molar-refractivity contribution is 4.98. The summed E-state index contributed by atoms with van der Waals surface area (Å²) in [6.07, 6.45) is 2.98. The third-order valence-electron chi connectivity index (χ3n) is 3.04. The van der Waals surface area contributed by atoms with Crippen LogP contribution < -0.4 is 5.32 Å². The minimum atomic E-state index is 0.340. The van der Waals surface area contributed by atoms with Crippen molar-refractivity contribution in [2.45, 2.75) is 26.8 Å². The average molecular weight is 222 g/mol. The summed E-state index contributed by atoms with van der Waals surface area (Å²) >= 11 is 0. The molecule has 0 saturated carbocycles. The first-order valence-corrected chi connectivity index (χ1v) is 6.11. The second-order valence-corrected chi connectivity index (χ2v) is 5.48. The topological polar surface area (TPSA) is 28.4 Å². The van der Waals surface area contributed by atoms with Gasteiger partial charge in [0.2, 0.25) is 0 Å². The van der Waals surface area contributed by atoms with Crippen molar-refractivity contribution < 1.29 is 4.42 Å². The fourth-order valence-electron chi connectivity index (χ4n) is 2.35. The van der Waals surface area contributed by atoms with Gasteiger partial charge in [-0.05, 0) is 37.1 Å². The van der Waals surface area contributed by atoms with Crippen LogP contribution in [0.15, 0.2) is 22.8 Å². The maximum absolute atomic E-state index is 5.42. The van der Waals surface area contributed by atoms with Crippen molar-refractivity contribution in [3.05, 3.63) is 24.2 Å². The fourth-order valence-corrected chi connectivity index (χ4v) is 2.35. The summed E-state index contributed by atoms with van der Waals surface area (Å²) < 4.78 is 5.42. The Morgan fingerprint density at radius 1 is 1.50 bits per heavy atom. The summed E-state index contributed by atoms with van der Waals surface area (Å²) in [5.41, 5.74) is 0.340. The molecule has 0 unspecified atom stereocenters. The lowest BCUT2D eigenvalue weighted by atomic mass is 9.91. The third kappa shape index (κ3) is 3.35. The van der Waals surface area contributed by atoms with Gasteiger partial charge in [0.25, 0.3) is 0 Å². The van der Waals surface area contributed by atoms with Gasteiger partial charge in [0, 0.05) is 13.1 Å². The van der Waals surface area contributed by atoms with E-state index in [2.05, 4.69) is 30.1 Å². The van der Waals surface area contributed by atoms with Gasteiger partial charge in [-0.1, -0.05) is 13.8 Å². The van der Waals surface area contributed by atoms with Crippen molar-refractivity contribution in [3.63, 3.8) is 0 Å². The maximum Gasteiger partial charge on any atom is 0.117 e. The molecule has 1 N–H and O–H groups in total. The molecule has 0 spiro atoms. The van der Waals surface area contributed by atoms with E-state index in [0.29, 0.717) is 5.41 Å². The van der Waals surface area contributed by atoms with Crippen molar-refractivity contribution in [3.8, 4) is 0 Å². The van der Waals surface area contributed by atoms with E-state index < -0.39 is 0 Å². The molecule has 1 aromatic rings. The molecule has 0 radical (unpaired) electrons. The Hall–Kier alpha value is -0.800. The number of nitrogens with one attached hydrogen (secondary N) is 1. The van der Waals surface area contributed by atoms with Crippen LogP contribution in [0.3, 0.4) is 0 Å². The summed E-state index contributed by atoms with van der Waals surface area (Å²) in [6, 6.07) is 4.02. The summed E-state index contributed by atoms with van der Waals surface area (Å²) in [5, 5.41) is 3.51. The van der Waals surface area contributed by atoms with Crippen molar-refractivity contribution in [1.82, 2.24) is 10.2 Å². The summed E-state index contributed by atoms with van der Waals surface area (Å²) in [7, 11) is 0. The van der Waals surface area contributed by atoms with Gasteiger partial charge in [-0.2, -0.15) is 0 Å².